The lowest BCUT2D eigenvalue weighted by atomic mass is 9.63. The van der Waals surface area contributed by atoms with Crippen LogP contribution in [0.15, 0.2) is 77.3 Å². The highest BCUT2D eigenvalue weighted by Gasteiger charge is 2.37. The van der Waals surface area contributed by atoms with E-state index < -0.39 is 0 Å². The van der Waals surface area contributed by atoms with Crippen LogP contribution < -0.4 is 4.57 Å². The first-order valence-corrected chi connectivity index (χ1v) is 12.7. The van der Waals surface area contributed by atoms with Crippen LogP contribution in [0.5, 0.6) is 0 Å². The Kier molecular flexibility index (Phi) is 4.77. The van der Waals surface area contributed by atoms with Gasteiger partial charge < -0.3 is 4.42 Å². The Bertz CT molecular complexity index is 1620. The number of benzene rings is 3. The highest BCUT2D eigenvalue weighted by Crippen LogP contribution is 2.47. The molecule has 2 heteroatoms. The minimum Gasteiger partial charge on any atom is -0.455 e. The van der Waals surface area contributed by atoms with Crippen LogP contribution in [0.25, 0.3) is 44.3 Å². The topological polar surface area (TPSA) is 17.0 Å². The SMILES string of the molecule is Cc1cc2c(cc1-c1cccc[n+]1C)oc1c(-c3ccc4c(c3)C(C)(C)CCC4(C)C)cccc12. The van der Waals surface area contributed by atoms with Crippen molar-refractivity contribution >= 4 is 21.9 Å². The number of fused-ring (bicyclic) bond motifs is 4. The zero-order valence-electron chi connectivity index (χ0n) is 21.7. The molecular weight excluding hydrogens is 426 g/mol. The van der Waals surface area contributed by atoms with E-state index in [1.807, 2.05) is 0 Å². The van der Waals surface area contributed by atoms with Gasteiger partial charge in [-0.2, -0.15) is 0 Å². The summed E-state index contributed by atoms with van der Waals surface area (Å²) in [4.78, 5) is 0. The van der Waals surface area contributed by atoms with Crippen molar-refractivity contribution in [3.63, 3.8) is 0 Å². The Morgan fingerprint density at radius 3 is 2.29 bits per heavy atom. The molecule has 1 aliphatic carbocycles. The number of hydrogen-bond donors (Lipinski definition) is 0. The average molecular weight is 461 g/mol. The number of hydrogen-bond acceptors (Lipinski definition) is 1. The maximum absolute atomic E-state index is 6.62. The van der Waals surface area contributed by atoms with Gasteiger partial charge in [-0.3, -0.25) is 0 Å². The number of furan rings is 1. The third-order valence-electron chi connectivity index (χ3n) is 8.34. The lowest BCUT2D eigenvalue weighted by Gasteiger charge is -2.42. The maximum atomic E-state index is 6.62. The summed E-state index contributed by atoms with van der Waals surface area (Å²) in [5, 5.41) is 2.36. The predicted molar refractivity (Wildman–Crippen MR) is 146 cm³/mol. The number of pyridine rings is 1. The quantitative estimate of drug-likeness (QED) is 0.242. The third-order valence-corrected chi connectivity index (χ3v) is 8.34. The monoisotopic (exact) mass is 460 g/mol. The Balaban J connectivity index is 1.56. The summed E-state index contributed by atoms with van der Waals surface area (Å²) in [6.45, 7) is 11.7. The first-order chi connectivity index (χ1) is 16.7. The predicted octanol–water partition coefficient (Wildman–Crippen LogP) is 8.40. The van der Waals surface area contributed by atoms with Crippen LogP contribution in [0.1, 0.15) is 57.2 Å². The number of nitrogens with zero attached hydrogens (tertiary/aromatic N) is 1. The summed E-state index contributed by atoms with van der Waals surface area (Å²) in [5.41, 5.74) is 11.3. The molecule has 0 bridgehead atoms. The molecule has 5 aromatic rings. The Morgan fingerprint density at radius 1 is 0.743 bits per heavy atom. The van der Waals surface area contributed by atoms with Gasteiger partial charge in [0.1, 0.15) is 18.2 Å². The van der Waals surface area contributed by atoms with E-state index in [1.54, 1.807) is 0 Å². The highest BCUT2D eigenvalue weighted by molar-refractivity contribution is 6.10. The molecule has 2 aromatic heterocycles. The minimum absolute atomic E-state index is 0.180. The fourth-order valence-electron chi connectivity index (χ4n) is 6.01. The molecule has 0 spiro atoms. The van der Waals surface area contributed by atoms with Gasteiger partial charge in [-0.1, -0.05) is 64.1 Å². The van der Waals surface area contributed by atoms with E-state index in [0.29, 0.717) is 0 Å². The molecule has 0 unspecified atom stereocenters. The molecule has 35 heavy (non-hydrogen) atoms. The van der Waals surface area contributed by atoms with Crippen molar-refractivity contribution in [3.8, 4) is 22.4 Å². The van der Waals surface area contributed by atoms with Gasteiger partial charge in [-0.05, 0) is 71.0 Å². The first-order valence-electron chi connectivity index (χ1n) is 12.7. The number of rotatable bonds is 2. The molecule has 2 nitrogen and oxygen atoms in total. The summed E-state index contributed by atoms with van der Waals surface area (Å²) >= 11 is 0. The molecule has 0 aliphatic heterocycles. The van der Waals surface area contributed by atoms with Gasteiger partial charge in [0, 0.05) is 28.5 Å². The summed E-state index contributed by atoms with van der Waals surface area (Å²) in [5.74, 6) is 0. The molecule has 0 saturated carbocycles. The van der Waals surface area contributed by atoms with E-state index in [2.05, 4.69) is 119 Å². The summed E-state index contributed by atoms with van der Waals surface area (Å²) in [7, 11) is 2.09. The molecule has 2 heterocycles. The molecule has 6 rings (SSSR count). The van der Waals surface area contributed by atoms with E-state index in [9.17, 15) is 0 Å². The first kappa shape index (κ1) is 22.1. The van der Waals surface area contributed by atoms with Crippen molar-refractivity contribution in [2.45, 2.75) is 58.3 Å². The van der Waals surface area contributed by atoms with E-state index >= 15 is 0 Å². The molecular formula is C33H34NO+. The molecule has 0 N–H and O–H groups in total. The molecule has 176 valence electrons. The van der Waals surface area contributed by atoms with Crippen LogP contribution in [0.3, 0.4) is 0 Å². The van der Waals surface area contributed by atoms with Crippen molar-refractivity contribution < 1.29 is 8.98 Å². The highest BCUT2D eigenvalue weighted by atomic mass is 16.3. The number of para-hydroxylation sites is 1. The van der Waals surface area contributed by atoms with Crippen molar-refractivity contribution in [2.24, 2.45) is 7.05 Å². The number of aryl methyl sites for hydroxylation is 2. The van der Waals surface area contributed by atoms with Gasteiger partial charge in [0.05, 0.1) is 5.56 Å². The van der Waals surface area contributed by atoms with Gasteiger partial charge in [-0.15, -0.1) is 0 Å². The Morgan fingerprint density at radius 2 is 1.51 bits per heavy atom. The second-order valence-corrected chi connectivity index (χ2v) is 11.7. The van der Waals surface area contributed by atoms with Crippen LogP contribution in [0, 0.1) is 6.92 Å². The van der Waals surface area contributed by atoms with Crippen LogP contribution in [-0.4, -0.2) is 0 Å². The van der Waals surface area contributed by atoms with Crippen LogP contribution >= 0.6 is 0 Å². The van der Waals surface area contributed by atoms with Crippen molar-refractivity contribution in [2.75, 3.05) is 0 Å². The lowest BCUT2D eigenvalue weighted by Crippen LogP contribution is -2.33. The smallest absolute Gasteiger partial charge is 0.212 e. The van der Waals surface area contributed by atoms with E-state index in [0.717, 1.165) is 11.2 Å². The molecule has 0 atom stereocenters. The Labute approximate surface area is 208 Å². The average Bonchev–Trinajstić information content (AvgIpc) is 3.19. The fourth-order valence-corrected chi connectivity index (χ4v) is 6.01. The second-order valence-electron chi connectivity index (χ2n) is 11.7. The molecule has 1 aliphatic rings. The summed E-state index contributed by atoms with van der Waals surface area (Å²) in [6, 6.07) is 24.5. The lowest BCUT2D eigenvalue weighted by molar-refractivity contribution is -0.660. The number of aromatic nitrogens is 1. The van der Waals surface area contributed by atoms with Crippen LogP contribution in [-0.2, 0) is 17.9 Å². The second kappa shape index (κ2) is 7.55. The van der Waals surface area contributed by atoms with E-state index in [4.69, 9.17) is 4.42 Å². The molecule has 3 aromatic carbocycles. The Hall–Kier alpha value is -3.39. The normalized spacial score (nSPS) is 16.5. The maximum Gasteiger partial charge on any atom is 0.212 e. The fraction of sp³-hybridized carbons (Fsp3) is 0.303. The van der Waals surface area contributed by atoms with Crippen molar-refractivity contribution in [1.29, 1.82) is 0 Å². The molecule has 0 fully saturated rings. The molecule has 0 radical (unpaired) electrons. The third kappa shape index (κ3) is 3.42. The molecule has 0 saturated heterocycles. The van der Waals surface area contributed by atoms with Crippen LogP contribution in [0.4, 0.5) is 0 Å². The van der Waals surface area contributed by atoms with E-state index in [1.165, 1.54) is 62.7 Å². The van der Waals surface area contributed by atoms with Gasteiger partial charge >= 0.3 is 0 Å². The summed E-state index contributed by atoms with van der Waals surface area (Å²) < 4.78 is 8.79. The van der Waals surface area contributed by atoms with Crippen LogP contribution in [0.2, 0.25) is 0 Å². The molecule has 0 amide bonds. The standard InChI is InChI=1S/C33H34NO/c1-21-18-26-24-11-9-10-23(22-13-14-27-28(19-22)33(4,5)16-15-32(27,2)3)31(24)35-30(26)20-25(21)29-12-7-8-17-34(29)6/h7-14,17-20H,15-16H2,1-6H3/q+1. The van der Waals surface area contributed by atoms with Gasteiger partial charge in [0.2, 0.25) is 5.69 Å². The van der Waals surface area contributed by atoms with Gasteiger partial charge in [-0.25, -0.2) is 4.57 Å². The van der Waals surface area contributed by atoms with Crippen molar-refractivity contribution in [3.05, 3.63) is 89.6 Å². The van der Waals surface area contributed by atoms with Gasteiger partial charge in [0.25, 0.3) is 0 Å². The zero-order chi connectivity index (χ0) is 24.5. The zero-order valence-corrected chi connectivity index (χ0v) is 21.7. The largest absolute Gasteiger partial charge is 0.455 e. The van der Waals surface area contributed by atoms with Gasteiger partial charge in [0.15, 0.2) is 6.20 Å². The summed E-state index contributed by atoms with van der Waals surface area (Å²) in [6.07, 6.45) is 4.53. The van der Waals surface area contributed by atoms with Crippen molar-refractivity contribution in [1.82, 2.24) is 0 Å². The minimum atomic E-state index is 0.180. The van der Waals surface area contributed by atoms with E-state index in [-0.39, 0.29) is 10.8 Å².